The molecule has 27 heavy (non-hydrogen) atoms. The van der Waals surface area contributed by atoms with Crippen LogP contribution in [-0.2, 0) is 11.5 Å². The Labute approximate surface area is 156 Å². The molecule has 1 aromatic heterocycles. The van der Waals surface area contributed by atoms with Crippen molar-refractivity contribution in [2.75, 3.05) is 7.11 Å². The molecule has 0 aliphatic carbocycles. The molecule has 1 heterocycles. The maximum absolute atomic E-state index is 13.3. The van der Waals surface area contributed by atoms with E-state index >= 15 is 0 Å². The summed E-state index contributed by atoms with van der Waals surface area (Å²) in [6, 6.07) is 14.8. The van der Waals surface area contributed by atoms with Crippen LogP contribution in [0.2, 0.25) is 0 Å². The molecule has 0 saturated heterocycles. The highest BCUT2D eigenvalue weighted by Gasteiger charge is 2.44. The van der Waals surface area contributed by atoms with Crippen LogP contribution in [0.1, 0.15) is 24.0 Å². The largest absolute Gasteiger partial charge is 0.414 e. The lowest BCUT2D eigenvalue weighted by atomic mass is 9.90. The van der Waals surface area contributed by atoms with Crippen LogP contribution >= 0.6 is 0 Å². The molecule has 6 heteroatoms. The molecule has 0 aliphatic rings. The van der Waals surface area contributed by atoms with E-state index in [2.05, 4.69) is 0 Å². The number of ether oxygens (including phenoxy) is 1. The molecule has 2 atom stereocenters. The summed E-state index contributed by atoms with van der Waals surface area (Å²) in [5.74, 6) is -1.14. The summed E-state index contributed by atoms with van der Waals surface area (Å²) < 4.78 is 47.0. The van der Waals surface area contributed by atoms with Crippen molar-refractivity contribution in [3.05, 3.63) is 59.7 Å². The Balaban J connectivity index is 2.36. The number of hydrogen-bond acceptors (Lipinski definition) is 2. The van der Waals surface area contributed by atoms with Gasteiger partial charge in [-0.1, -0.05) is 49.4 Å². The number of aliphatic hydroxyl groups is 1. The van der Waals surface area contributed by atoms with E-state index in [1.54, 1.807) is 7.11 Å². The molecule has 3 rings (SSSR count). The van der Waals surface area contributed by atoms with Crippen LogP contribution in [0, 0.1) is 6.92 Å². The first-order chi connectivity index (χ1) is 12.8. The Morgan fingerprint density at radius 2 is 1.78 bits per heavy atom. The number of aryl methyl sites for hydroxylation is 1. The fourth-order valence-corrected chi connectivity index (χ4v) is 3.56. The second kappa shape index (κ2) is 7.37. The van der Waals surface area contributed by atoms with E-state index in [-0.39, 0.29) is 6.73 Å². The van der Waals surface area contributed by atoms with Gasteiger partial charge in [0, 0.05) is 18.4 Å². The first kappa shape index (κ1) is 19.5. The van der Waals surface area contributed by atoms with Gasteiger partial charge < -0.3 is 14.4 Å². The van der Waals surface area contributed by atoms with E-state index in [9.17, 15) is 18.3 Å². The molecule has 0 amide bonds. The van der Waals surface area contributed by atoms with Crippen molar-refractivity contribution in [1.82, 2.24) is 4.57 Å². The lowest BCUT2D eigenvalue weighted by Crippen LogP contribution is -2.33. The third kappa shape index (κ3) is 3.59. The highest BCUT2D eigenvalue weighted by molar-refractivity contribution is 5.93. The topological polar surface area (TPSA) is 34.4 Å². The monoisotopic (exact) mass is 377 g/mol. The number of aliphatic hydroxyl groups excluding tert-OH is 1. The lowest BCUT2D eigenvalue weighted by Gasteiger charge is -2.23. The van der Waals surface area contributed by atoms with Gasteiger partial charge in [0.1, 0.15) is 6.73 Å². The summed E-state index contributed by atoms with van der Waals surface area (Å²) in [5, 5.41) is 10.7. The number of nitrogens with zero attached hydrogens (tertiary/aromatic N) is 1. The van der Waals surface area contributed by atoms with Crippen molar-refractivity contribution in [2.45, 2.75) is 38.8 Å². The van der Waals surface area contributed by atoms with Crippen molar-refractivity contribution in [1.29, 1.82) is 0 Å². The number of hydrogen-bond donors (Lipinski definition) is 1. The van der Waals surface area contributed by atoms with E-state index < -0.39 is 18.2 Å². The summed E-state index contributed by atoms with van der Waals surface area (Å²) in [5.41, 5.74) is 3.66. The fraction of sp³-hybridized carbons (Fsp3) is 0.333. The third-order valence-electron chi connectivity index (χ3n) is 4.83. The molecule has 0 fully saturated rings. The number of methoxy groups -OCH3 is 1. The molecular formula is C21H22F3NO2. The molecule has 0 bridgehead atoms. The SMILES string of the molecule is COCn1c(-c2ccccc2)c(C(C)C(O)C(F)(F)F)c2ccc(C)cc21. The van der Waals surface area contributed by atoms with Gasteiger partial charge in [0.25, 0.3) is 0 Å². The molecule has 0 spiro atoms. The van der Waals surface area contributed by atoms with Gasteiger partial charge in [-0.05, 0) is 29.7 Å². The van der Waals surface area contributed by atoms with Gasteiger partial charge in [-0.3, -0.25) is 0 Å². The van der Waals surface area contributed by atoms with E-state index in [0.29, 0.717) is 16.6 Å². The predicted molar refractivity (Wildman–Crippen MR) is 99.6 cm³/mol. The maximum atomic E-state index is 13.3. The summed E-state index contributed by atoms with van der Waals surface area (Å²) in [7, 11) is 1.55. The number of halogens is 3. The minimum absolute atomic E-state index is 0.193. The summed E-state index contributed by atoms with van der Waals surface area (Å²) in [4.78, 5) is 0. The van der Waals surface area contributed by atoms with Gasteiger partial charge in [0.2, 0.25) is 0 Å². The molecular weight excluding hydrogens is 355 g/mol. The van der Waals surface area contributed by atoms with Crippen molar-refractivity contribution in [2.24, 2.45) is 0 Å². The molecule has 144 valence electrons. The highest BCUT2D eigenvalue weighted by Crippen LogP contribution is 2.42. The Morgan fingerprint density at radius 1 is 1.11 bits per heavy atom. The minimum atomic E-state index is -4.70. The summed E-state index contributed by atoms with van der Waals surface area (Å²) >= 11 is 0. The Morgan fingerprint density at radius 3 is 2.37 bits per heavy atom. The summed E-state index contributed by atoms with van der Waals surface area (Å²) in [6.45, 7) is 3.54. The van der Waals surface area contributed by atoms with Crippen LogP contribution in [0.15, 0.2) is 48.5 Å². The highest BCUT2D eigenvalue weighted by atomic mass is 19.4. The number of alkyl halides is 3. The van der Waals surface area contributed by atoms with Gasteiger partial charge in [0.15, 0.2) is 6.10 Å². The van der Waals surface area contributed by atoms with Gasteiger partial charge in [-0.15, -0.1) is 0 Å². The minimum Gasteiger partial charge on any atom is -0.383 e. The quantitative estimate of drug-likeness (QED) is 0.659. The van der Waals surface area contributed by atoms with Gasteiger partial charge in [-0.2, -0.15) is 13.2 Å². The van der Waals surface area contributed by atoms with E-state index in [1.165, 1.54) is 6.92 Å². The van der Waals surface area contributed by atoms with Gasteiger partial charge in [-0.25, -0.2) is 0 Å². The van der Waals surface area contributed by atoms with E-state index in [4.69, 9.17) is 4.74 Å². The normalized spacial score (nSPS) is 14.5. The van der Waals surface area contributed by atoms with Crippen LogP contribution in [0.4, 0.5) is 13.2 Å². The molecule has 0 aliphatic heterocycles. The average Bonchev–Trinajstić information content (AvgIpc) is 2.94. The van der Waals surface area contributed by atoms with Crippen LogP contribution in [0.5, 0.6) is 0 Å². The zero-order chi connectivity index (χ0) is 19.8. The standard InChI is InChI=1S/C21H22F3NO2/c1-13-9-10-16-17(11-13)25(12-27-3)19(15-7-5-4-6-8-15)18(16)14(2)20(26)21(22,23)24/h4-11,14,20,26H,12H2,1-3H3. The average molecular weight is 377 g/mol. The molecule has 2 unspecified atom stereocenters. The van der Waals surface area contributed by atoms with Gasteiger partial charge >= 0.3 is 6.18 Å². The van der Waals surface area contributed by atoms with Crippen LogP contribution in [-0.4, -0.2) is 29.1 Å². The number of benzene rings is 2. The van der Waals surface area contributed by atoms with Crippen molar-refractivity contribution >= 4 is 10.9 Å². The van der Waals surface area contributed by atoms with Crippen LogP contribution < -0.4 is 0 Å². The van der Waals surface area contributed by atoms with E-state index in [0.717, 1.165) is 16.6 Å². The Hall–Kier alpha value is -2.31. The summed E-state index contributed by atoms with van der Waals surface area (Å²) in [6.07, 6.45) is -7.16. The zero-order valence-corrected chi connectivity index (χ0v) is 15.4. The molecule has 3 aromatic rings. The van der Waals surface area contributed by atoms with Crippen LogP contribution in [0.25, 0.3) is 22.2 Å². The molecule has 0 saturated carbocycles. The van der Waals surface area contributed by atoms with Crippen molar-refractivity contribution in [3.63, 3.8) is 0 Å². The zero-order valence-electron chi connectivity index (χ0n) is 15.4. The fourth-order valence-electron chi connectivity index (χ4n) is 3.56. The molecule has 3 nitrogen and oxygen atoms in total. The third-order valence-corrected chi connectivity index (χ3v) is 4.83. The Bertz CT molecular complexity index is 932. The molecule has 2 aromatic carbocycles. The maximum Gasteiger partial charge on any atom is 0.414 e. The first-order valence-corrected chi connectivity index (χ1v) is 8.67. The van der Waals surface area contributed by atoms with Crippen molar-refractivity contribution in [3.8, 4) is 11.3 Å². The molecule has 0 radical (unpaired) electrons. The van der Waals surface area contributed by atoms with E-state index in [1.807, 2.05) is 60.0 Å². The van der Waals surface area contributed by atoms with Crippen molar-refractivity contribution < 1.29 is 23.0 Å². The number of aromatic nitrogens is 1. The lowest BCUT2D eigenvalue weighted by molar-refractivity contribution is -0.209. The number of rotatable bonds is 5. The first-order valence-electron chi connectivity index (χ1n) is 8.67. The van der Waals surface area contributed by atoms with Crippen LogP contribution in [0.3, 0.4) is 0 Å². The second-order valence-electron chi connectivity index (χ2n) is 6.77. The second-order valence-corrected chi connectivity index (χ2v) is 6.77. The smallest absolute Gasteiger partial charge is 0.383 e. The number of fused-ring (bicyclic) bond motifs is 1. The molecule has 1 N–H and O–H groups in total. The predicted octanol–water partition coefficient (Wildman–Crippen LogP) is 5.25. The van der Waals surface area contributed by atoms with Gasteiger partial charge in [0.05, 0.1) is 11.2 Å². The Kier molecular flexibility index (Phi) is 5.31.